The van der Waals surface area contributed by atoms with Crippen molar-refractivity contribution in [3.63, 3.8) is 0 Å². The Bertz CT molecular complexity index is 297. The van der Waals surface area contributed by atoms with Crippen LogP contribution in [0, 0.1) is 0 Å². The van der Waals surface area contributed by atoms with Crippen LogP contribution in [0.2, 0.25) is 5.02 Å². The summed E-state index contributed by atoms with van der Waals surface area (Å²) in [7, 11) is 1.63. The summed E-state index contributed by atoms with van der Waals surface area (Å²) in [5.41, 5.74) is 1.02. The van der Waals surface area contributed by atoms with Crippen molar-refractivity contribution < 1.29 is 9.47 Å². The van der Waals surface area contributed by atoms with Gasteiger partial charge in [-0.1, -0.05) is 17.7 Å². The third-order valence-electron chi connectivity index (χ3n) is 1.82. The first-order valence-electron chi connectivity index (χ1n) is 4.57. The fourth-order valence-electron chi connectivity index (χ4n) is 1.09. The molecule has 1 aromatic rings. The van der Waals surface area contributed by atoms with E-state index in [0.717, 1.165) is 11.3 Å². The first-order chi connectivity index (χ1) is 6.63. The van der Waals surface area contributed by atoms with Crippen LogP contribution in [0.3, 0.4) is 0 Å². The minimum absolute atomic E-state index is 0.218. The van der Waals surface area contributed by atoms with Crippen LogP contribution in [-0.2, 0) is 11.3 Å². The predicted molar refractivity (Wildman–Crippen MR) is 57.9 cm³/mol. The van der Waals surface area contributed by atoms with Gasteiger partial charge in [-0.2, -0.15) is 0 Å². The summed E-state index contributed by atoms with van der Waals surface area (Å²) in [5, 5.41) is 0.676. The maximum atomic E-state index is 5.84. The number of halogens is 1. The molecule has 0 aliphatic rings. The quantitative estimate of drug-likeness (QED) is 0.766. The van der Waals surface area contributed by atoms with E-state index in [4.69, 9.17) is 21.1 Å². The molecule has 0 fully saturated rings. The molecule has 0 aromatic heterocycles. The van der Waals surface area contributed by atoms with Crippen molar-refractivity contribution in [3.8, 4) is 5.75 Å². The van der Waals surface area contributed by atoms with E-state index in [-0.39, 0.29) is 6.10 Å². The molecule has 2 nitrogen and oxygen atoms in total. The van der Waals surface area contributed by atoms with Crippen LogP contribution in [0.1, 0.15) is 19.4 Å². The first kappa shape index (κ1) is 11.3. The SMILES string of the molecule is COc1cc(Cl)ccc1COC(C)C. The Morgan fingerprint density at radius 2 is 2.07 bits per heavy atom. The van der Waals surface area contributed by atoms with Gasteiger partial charge in [0.15, 0.2) is 0 Å². The molecule has 0 unspecified atom stereocenters. The maximum absolute atomic E-state index is 5.84. The van der Waals surface area contributed by atoms with Crippen molar-refractivity contribution in [2.24, 2.45) is 0 Å². The second kappa shape index (κ2) is 5.23. The maximum Gasteiger partial charge on any atom is 0.125 e. The predicted octanol–water partition coefficient (Wildman–Crippen LogP) is 3.27. The summed E-state index contributed by atoms with van der Waals surface area (Å²) in [6, 6.07) is 5.55. The van der Waals surface area contributed by atoms with Gasteiger partial charge < -0.3 is 9.47 Å². The van der Waals surface area contributed by atoms with Gasteiger partial charge in [0.25, 0.3) is 0 Å². The van der Waals surface area contributed by atoms with Gasteiger partial charge in [-0.15, -0.1) is 0 Å². The lowest BCUT2D eigenvalue weighted by atomic mass is 10.2. The Morgan fingerprint density at radius 1 is 1.36 bits per heavy atom. The van der Waals surface area contributed by atoms with Gasteiger partial charge in [0.1, 0.15) is 5.75 Å². The number of hydrogen-bond donors (Lipinski definition) is 0. The van der Waals surface area contributed by atoms with E-state index >= 15 is 0 Å². The van der Waals surface area contributed by atoms with E-state index in [2.05, 4.69) is 0 Å². The van der Waals surface area contributed by atoms with Crippen LogP contribution < -0.4 is 4.74 Å². The molecule has 0 amide bonds. The Hall–Kier alpha value is -0.730. The molecule has 0 spiro atoms. The number of methoxy groups -OCH3 is 1. The highest BCUT2D eigenvalue weighted by molar-refractivity contribution is 6.30. The van der Waals surface area contributed by atoms with Crippen LogP contribution in [-0.4, -0.2) is 13.2 Å². The fraction of sp³-hybridized carbons (Fsp3) is 0.455. The minimum atomic E-state index is 0.218. The zero-order valence-electron chi connectivity index (χ0n) is 8.71. The average molecular weight is 215 g/mol. The van der Waals surface area contributed by atoms with Crippen molar-refractivity contribution in [2.75, 3.05) is 7.11 Å². The first-order valence-corrected chi connectivity index (χ1v) is 4.95. The van der Waals surface area contributed by atoms with Gasteiger partial charge in [-0.05, 0) is 26.0 Å². The zero-order valence-corrected chi connectivity index (χ0v) is 9.47. The summed E-state index contributed by atoms with van der Waals surface area (Å²) in [6.45, 7) is 4.56. The minimum Gasteiger partial charge on any atom is -0.496 e. The molecule has 0 heterocycles. The summed E-state index contributed by atoms with van der Waals surface area (Å²) >= 11 is 5.84. The highest BCUT2D eigenvalue weighted by Gasteiger charge is 2.04. The normalized spacial score (nSPS) is 10.6. The third kappa shape index (κ3) is 3.20. The van der Waals surface area contributed by atoms with Crippen molar-refractivity contribution >= 4 is 11.6 Å². The molecule has 78 valence electrons. The zero-order chi connectivity index (χ0) is 10.6. The van der Waals surface area contributed by atoms with Gasteiger partial charge in [0.05, 0.1) is 19.8 Å². The molecule has 0 radical (unpaired) electrons. The van der Waals surface area contributed by atoms with Crippen LogP contribution in [0.25, 0.3) is 0 Å². The molecule has 0 saturated carbocycles. The van der Waals surface area contributed by atoms with Gasteiger partial charge >= 0.3 is 0 Å². The van der Waals surface area contributed by atoms with Gasteiger partial charge in [0, 0.05) is 10.6 Å². The molecule has 14 heavy (non-hydrogen) atoms. The Kier molecular flexibility index (Phi) is 4.23. The molecule has 3 heteroatoms. The lowest BCUT2D eigenvalue weighted by Crippen LogP contribution is -2.03. The second-order valence-electron chi connectivity index (χ2n) is 3.32. The van der Waals surface area contributed by atoms with E-state index in [1.807, 2.05) is 26.0 Å². The number of hydrogen-bond acceptors (Lipinski definition) is 2. The third-order valence-corrected chi connectivity index (χ3v) is 2.06. The molecule has 1 rings (SSSR count). The average Bonchev–Trinajstić information content (AvgIpc) is 2.15. The van der Waals surface area contributed by atoms with E-state index in [1.165, 1.54) is 0 Å². The summed E-state index contributed by atoms with van der Waals surface area (Å²) in [6.07, 6.45) is 0.218. The van der Waals surface area contributed by atoms with Crippen LogP contribution in [0.5, 0.6) is 5.75 Å². The Labute approximate surface area is 89.8 Å². The van der Waals surface area contributed by atoms with Crippen molar-refractivity contribution in [2.45, 2.75) is 26.6 Å². The second-order valence-corrected chi connectivity index (χ2v) is 3.75. The van der Waals surface area contributed by atoms with Crippen molar-refractivity contribution in [3.05, 3.63) is 28.8 Å². The van der Waals surface area contributed by atoms with Crippen molar-refractivity contribution in [1.82, 2.24) is 0 Å². The lowest BCUT2D eigenvalue weighted by Gasteiger charge is -2.11. The topological polar surface area (TPSA) is 18.5 Å². The lowest BCUT2D eigenvalue weighted by molar-refractivity contribution is 0.0644. The fourth-order valence-corrected chi connectivity index (χ4v) is 1.26. The van der Waals surface area contributed by atoms with Gasteiger partial charge in [-0.25, -0.2) is 0 Å². The van der Waals surface area contributed by atoms with Gasteiger partial charge in [-0.3, -0.25) is 0 Å². The highest BCUT2D eigenvalue weighted by Crippen LogP contribution is 2.23. The monoisotopic (exact) mass is 214 g/mol. The molecule has 0 bridgehead atoms. The van der Waals surface area contributed by atoms with Crippen LogP contribution >= 0.6 is 11.6 Å². The van der Waals surface area contributed by atoms with E-state index in [0.29, 0.717) is 11.6 Å². The number of rotatable bonds is 4. The molecular weight excluding hydrogens is 200 g/mol. The summed E-state index contributed by atoms with van der Waals surface area (Å²) < 4.78 is 10.7. The smallest absolute Gasteiger partial charge is 0.125 e. The number of ether oxygens (including phenoxy) is 2. The molecule has 0 atom stereocenters. The molecular formula is C11H15ClO2. The highest BCUT2D eigenvalue weighted by atomic mass is 35.5. The standard InChI is InChI=1S/C11H15ClO2/c1-8(2)14-7-9-4-5-10(12)6-11(9)13-3/h4-6,8H,7H2,1-3H3. The van der Waals surface area contributed by atoms with E-state index in [1.54, 1.807) is 13.2 Å². The molecule has 0 aliphatic carbocycles. The van der Waals surface area contributed by atoms with E-state index < -0.39 is 0 Å². The van der Waals surface area contributed by atoms with Crippen LogP contribution in [0.15, 0.2) is 18.2 Å². The Morgan fingerprint density at radius 3 is 2.64 bits per heavy atom. The summed E-state index contributed by atoms with van der Waals surface area (Å²) in [4.78, 5) is 0. The molecule has 0 saturated heterocycles. The largest absolute Gasteiger partial charge is 0.496 e. The van der Waals surface area contributed by atoms with Crippen LogP contribution in [0.4, 0.5) is 0 Å². The number of benzene rings is 1. The van der Waals surface area contributed by atoms with Gasteiger partial charge in [0.2, 0.25) is 0 Å². The molecule has 1 aromatic carbocycles. The Balaban J connectivity index is 2.75. The van der Waals surface area contributed by atoms with E-state index in [9.17, 15) is 0 Å². The molecule has 0 N–H and O–H groups in total. The summed E-state index contributed by atoms with van der Waals surface area (Å²) in [5.74, 6) is 0.776. The van der Waals surface area contributed by atoms with Crippen molar-refractivity contribution in [1.29, 1.82) is 0 Å². The molecule has 0 aliphatic heterocycles.